The minimum absolute atomic E-state index is 0.0102. The van der Waals surface area contributed by atoms with Gasteiger partial charge in [-0.05, 0) is 55.5 Å². The number of carbonyl (C=O) groups is 1. The number of benzene rings is 1. The maximum absolute atomic E-state index is 12.8. The molecule has 2 N–H and O–H groups in total. The van der Waals surface area contributed by atoms with Crippen LogP contribution in [0.2, 0.25) is 0 Å². The summed E-state index contributed by atoms with van der Waals surface area (Å²) in [6.45, 7) is 9.24. The van der Waals surface area contributed by atoms with Gasteiger partial charge in [-0.3, -0.25) is 9.78 Å². The standard InChI is InChI=1S/C22H31N3O2/c1-15(2)20(23)8-10-25(5)22(26)19-11-16(3)21(17(4)12-19)27-14-18-7-6-9-24-13-18/h6-7,9,11-13,15,20H,8,10,14,23H2,1-5H3. The van der Waals surface area contributed by atoms with E-state index < -0.39 is 0 Å². The number of pyridine rings is 1. The van der Waals surface area contributed by atoms with Crippen molar-refractivity contribution in [2.24, 2.45) is 11.7 Å². The van der Waals surface area contributed by atoms with Crippen LogP contribution in [0.3, 0.4) is 0 Å². The van der Waals surface area contributed by atoms with E-state index in [0.717, 1.165) is 28.9 Å². The number of carbonyl (C=O) groups excluding carboxylic acids is 1. The molecule has 0 saturated heterocycles. The number of amides is 1. The van der Waals surface area contributed by atoms with Crippen LogP contribution in [-0.2, 0) is 6.61 Å². The molecule has 1 unspecified atom stereocenters. The molecule has 0 aliphatic heterocycles. The average Bonchev–Trinajstić information content (AvgIpc) is 2.65. The van der Waals surface area contributed by atoms with Gasteiger partial charge in [0.2, 0.25) is 0 Å². The van der Waals surface area contributed by atoms with Gasteiger partial charge in [0.1, 0.15) is 12.4 Å². The lowest BCUT2D eigenvalue weighted by atomic mass is 10.0. The molecule has 1 aromatic carbocycles. The Morgan fingerprint density at radius 3 is 2.48 bits per heavy atom. The Balaban J connectivity index is 2.05. The lowest BCUT2D eigenvalue weighted by Gasteiger charge is -2.22. The van der Waals surface area contributed by atoms with E-state index in [4.69, 9.17) is 10.5 Å². The molecule has 0 fully saturated rings. The summed E-state index contributed by atoms with van der Waals surface area (Å²) in [6.07, 6.45) is 4.33. The van der Waals surface area contributed by atoms with Crippen LogP contribution in [-0.4, -0.2) is 35.4 Å². The third-order valence-corrected chi connectivity index (χ3v) is 4.81. The van der Waals surface area contributed by atoms with Gasteiger partial charge in [0.25, 0.3) is 5.91 Å². The van der Waals surface area contributed by atoms with Crippen molar-refractivity contribution in [3.63, 3.8) is 0 Å². The van der Waals surface area contributed by atoms with Gasteiger partial charge >= 0.3 is 0 Å². The number of nitrogens with two attached hydrogens (primary N) is 1. The zero-order valence-electron chi connectivity index (χ0n) is 17.0. The van der Waals surface area contributed by atoms with Gasteiger partial charge in [-0.15, -0.1) is 0 Å². The number of aromatic nitrogens is 1. The Labute approximate surface area is 162 Å². The van der Waals surface area contributed by atoms with Crippen LogP contribution >= 0.6 is 0 Å². The quantitative estimate of drug-likeness (QED) is 0.770. The number of hydrogen-bond donors (Lipinski definition) is 1. The Kier molecular flexibility index (Phi) is 7.36. The molecule has 5 nitrogen and oxygen atoms in total. The van der Waals surface area contributed by atoms with Crippen molar-refractivity contribution in [2.75, 3.05) is 13.6 Å². The van der Waals surface area contributed by atoms with Gasteiger partial charge in [-0.2, -0.15) is 0 Å². The van der Waals surface area contributed by atoms with E-state index in [9.17, 15) is 4.79 Å². The molecule has 146 valence electrons. The van der Waals surface area contributed by atoms with E-state index in [0.29, 0.717) is 24.6 Å². The predicted molar refractivity (Wildman–Crippen MR) is 109 cm³/mol. The van der Waals surface area contributed by atoms with Crippen LogP contribution in [0, 0.1) is 19.8 Å². The van der Waals surface area contributed by atoms with Gasteiger partial charge in [-0.25, -0.2) is 0 Å². The second kappa shape index (κ2) is 9.51. The first-order chi connectivity index (χ1) is 12.8. The van der Waals surface area contributed by atoms with Crippen molar-refractivity contribution in [1.29, 1.82) is 0 Å². The summed E-state index contributed by atoms with van der Waals surface area (Å²) in [5.74, 6) is 1.24. The van der Waals surface area contributed by atoms with E-state index in [1.807, 2.05) is 45.2 Å². The summed E-state index contributed by atoms with van der Waals surface area (Å²) in [5, 5.41) is 0. The fraction of sp³-hybridized carbons (Fsp3) is 0.455. The molecule has 1 amide bonds. The monoisotopic (exact) mass is 369 g/mol. The first-order valence-corrected chi connectivity index (χ1v) is 9.43. The largest absolute Gasteiger partial charge is 0.488 e. The predicted octanol–water partition coefficient (Wildman–Crippen LogP) is 3.72. The van der Waals surface area contributed by atoms with Crippen molar-refractivity contribution in [3.05, 3.63) is 58.9 Å². The summed E-state index contributed by atoms with van der Waals surface area (Å²) in [4.78, 5) is 18.6. The smallest absolute Gasteiger partial charge is 0.253 e. The third kappa shape index (κ3) is 5.79. The molecule has 0 aliphatic rings. The molecule has 27 heavy (non-hydrogen) atoms. The molecule has 1 atom stereocenters. The summed E-state index contributed by atoms with van der Waals surface area (Å²) < 4.78 is 5.97. The molecule has 1 heterocycles. The van der Waals surface area contributed by atoms with Gasteiger partial charge in [0, 0.05) is 43.2 Å². The second-order valence-electron chi connectivity index (χ2n) is 7.51. The van der Waals surface area contributed by atoms with Crippen molar-refractivity contribution < 1.29 is 9.53 Å². The second-order valence-corrected chi connectivity index (χ2v) is 7.51. The van der Waals surface area contributed by atoms with Crippen molar-refractivity contribution in [1.82, 2.24) is 9.88 Å². The molecule has 2 aromatic rings. The molecular formula is C22H31N3O2. The highest BCUT2D eigenvalue weighted by molar-refractivity contribution is 5.94. The third-order valence-electron chi connectivity index (χ3n) is 4.81. The van der Waals surface area contributed by atoms with Crippen LogP contribution in [0.25, 0.3) is 0 Å². The molecular weight excluding hydrogens is 338 g/mol. The lowest BCUT2D eigenvalue weighted by Crippen LogP contribution is -2.34. The molecule has 1 aromatic heterocycles. The highest BCUT2D eigenvalue weighted by Gasteiger charge is 2.17. The van der Waals surface area contributed by atoms with Crippen LogP contribution in [0.5, 0.6) is 5.75 Å². The number of aryl methyl sites for hydroxylation is 2. The van der Waals surface area contributed by atoms with Gasteiger partial charge in [0.15, 0.2) is 0 Å². The topological polar surface area (TPSA) is 68.5 Å². The fourth-order valence-electron chi connectivity index (χ4n) is 2.94. The van der Waals surface area contributed by atoms with E-state index in [1.54, 1.807) is 17.3 Å². The zero-order valence-corrected chi connectivity index (χ0v) is 17.0. The Morgan fingerprint density at radius 1 is 1.26 bits per heavy atom. The van der Waals surface area contributed by atoms with E-state index in [1.165, 1.54) is 0 Å². The number of nitrogens with zero attached hydrogens (tertiary/aromatic N) is 2. The number of ether oxygens (including phenoxy) is 1. The minimum atomic E-state index is 0.0102. The minimum Gasteiger partial charge on any atom is -0.488 e. The summed E-state index contributed by atoms with van der Waals surface area (Å²) >= 11 is 0. The Hall–Kier alpha value is -2.40. The fourth-order valence-corrected chi connectivity index (χ4v) is 2.94. The van der Waals surface area contributed by atoms with E-state index in [-0.39, 0.29) is 11.9 Å². The molecule has 0 spiro atoms. The molecule has 0 saturated carbocycles. The van der Waals surface area contributed by atoms with Crippen molar-refractivity contribution in [3.8, 4) is 5.75 Å². The molecule has 0 bridgehead atoms. The number of rotatable bonds is 8. The molecule has 2 rings (SSSR count). The normalized spacial score (nSPS) is 12.1. The SMILES string of the molecule is Cc1cc(C(=O)N(C)CCC(N)C(C)C)cc(C)c1OCc1cccnc1. The van der Waals surface area contributed by atoms with Gasteiger partial charge in [-0.1, -0.05) is 19.9 Å². The summed E-state index contributed by atoms with van der Waals surface area (Å²) in [7, 11) is 1.83. The highest BCUT2D eigenvalue weighted by atomic mass is 16.5. The zero-order chi connectivity index (χ0) is 20.0. The number of hydrogen-bond acceptors (Lipinski definition) is 4. The average molecular weight is 370 g/mol. The maximum atomic E-state index is 12.8. The first-order valence-electron chi connectivity index (χ1n) is 9.43. The van der Waals surface area contributed by atoms with Crippen LogP contribution < -0.4 is 10.5 Å². The maximum Gasteiger partial charge on any atom is 0.253 e. The molecule has 0 radical (unpaired) electrons. The first kappa shape index (κ1) is 20.9. The van der Waals surface area contributed by atoms with Crippen molar-refractivity contribution in [2.45, 2.75) is 46.8 Å². The lowest BCUT2D eigenvalue weighted by molar-refractivity contribution is 0.0789. The van der Waals surface area contributed by atoms with Crippen molar-refractivity contribution >= 4 is 5.91 Å². The van der Waals surface area contributed by atoms with E-state index in [2.05, 4.69) is 18.8 Å². The molecule has 0 aliphatic carbocycles. The Morgan fingerprint density at radius 2 is 1.93 bits per heavy atom. The Bertz CT molecular complexity index is 736. The van der Waals surface area contributed by atoms with Gasteiger partial charge < -0.3 is 15.4 Å². The van der Waals surface area contributed by atoms with Gasteiger partial charge in [0.05, 0.1) is 0 Å². The van der Waals surface area contributed by atoms with Crippen LogP contribution in [0.4, 0.5) is 0 Å². The highest BCUT2D eigenvalue weighted by Crippen LogP contribution is 2.26. The molecule has 5 heteroatoms. The summed E-state index contributed by atoms with van der Waals surface area (Å²) in [6, 6.07) is 7.76. The van der Waals surface area contributed by atoms with E-state index >= 15 is 0 Å². The summed E-state index contributed by atoms with van der Waals surface area (Å²) in [5.41, 5.74) is 9.69. The van der Waals surface area contributed by atoms with Crippen LogP contribution in [0.15, 0.2) is 36.7 Å². The van der Waals surface area contributed by atoms with Crippen LogP contribution in [0.1, 0.15) is 47.3 Å².